The zero-order chi connectivity index (χ0) is 13.2. The Kier molecular flexibility index (Phi) is 3.71. The minimum atomic E-state index is -0.224. The summed E-state index contributed by atoms with van der Waals surface area (Å²) in [6.07, 6.45) is 5.06. The molecule has 1 atom stereocenters. The highest BCUT2D eigenvalue weighted by Crippen LogP contribution is 2.30. The highest BCUT2D eigenvalue weighted by atomic mass is 79.9. The van der Waals surface area contributed by atoms with Gasteiger partial charge in [-0.15, -0.1) is 0 Å². The first kappa shape index (κ1) is 12.9. The lowest BCUT2D eigenvalue weighted by Gasteiger charge is -2.23. The molecule has 1 aromatic heterocycles. The van der Waals surface area contributed by atoms with Crippen LogP contribution in [0.1, 0.15) is 35.8 Å². The minimum absolute atomic E-state index is 0.224. The Bertz CT molecular complexity index is 581. The molecule has 0 bridgehead atoms. The van der Waals surface area contributed by atoms with Crippen LogP contribution < -0.4 is 5.32 Å². The lowest BCUT2D eigenvalue weighted by Crippen LogP contribution is -2.24. The number of hydrogen-bond donors (Lipinski definition) is 1. The average Bonchev–Trinajstić information content (AvgIpc) is 2.89. The van der Waals surface area contributed by atoms with Gasteiger partial charge in [-0.2, -0.15) is 0 Å². The first-order valence-corrected chi connectivity index (χ1v) is 7.27. The summed E-state index contributed by atoms with van der Waals surface area (Å²) < 4.78 is 19.2. The van der Waals surface area contributed by atoms with Crippen molar-refractivity contribution < 1.29 is 8.81 Å². The van der Waals surface area contributed by atoms with Crippen molar-refractivity contribution in [2.75, 3.05) is 0 Å². The van der Waals surface area contributed by atoms with Crippen molar-refractivity contribution in [3.63, 3.8) is 0 Å². The molecule has 1 N–H and O–H groups in total. The highest BCUT2D eigenvalue weighted by molar-refractivity contribution is 9.10. The molecule has 0 saturated heterocycles. The second-order valence-electron chi connectivity index (χ2n) is 4.87. The van der Waals surface area contributed by atoms with E-state index in [-0.39, 0.29) is 5.82 Å². The van der Waals surface area contributed by atoms with E-state index in [1.54, 1.807) is 6.26 Å². The van der Waals surface area contributed by atoms with Gasteiger partial charge in [0.15, 0.2) is 0 Å². The van der Waals surface area contributed by atoms with Gasteiger partial charge < -0.3 is 9.73 Å². The lowest BCUT2D eigenvalue weighted by molar-refractivity contribution is 0.411. The summed E-state index contributed by atoms with van der Waals surface area (Å²) in [4.78, 5) is 0. The summed E-state index contributed by atoms with van der Waals surface area (Å²) in [5, 5.41) is 3.52. The molecular weight excluding hydrogens is 309 g/mol. The van der Waals surface area contributed by atoms with E-state index in [1.807, 2.05) is 18.2 Å². The van der Waals surface area contributed by atoms with E-state index in [0.29, 0.717) is 10.5 Å². The predicted molar refractivity (Wildman–Crippen MR) is 75.3 cm³/mol. The van der Waals surface area contributed by atoms with Gasteiger partial charge in [-0.25, -0.2) is 4.39 Å². The fourth-order valence-corrected chi connectivity index (χ4v) is 3.02. The van der Waals surface area contributed by atoms with Crippen LogP contribution in [-0.4, -0.2) is 0 Å². The Morgan fingerprint density at radius 2 is 2.26 bits per heavy atom. The van der Waals surface area contributed by atoms with Gasteiger partial charge in [0.05, 0.1) is 10.7 Å². The normalized spacial score (nSPS) is 18.3. The smallest absolute Gasteiger partial charge is 0.137 e. The van der Waals surface area contributed by atoms with E-state index in [1.165, 1.54) is 11.6 Å². The molecule has 0 saturated carbocycles. The summed E-state index contributed by atoms with van der Waals surface area (Å²) in [6, 6.07) is 7.51. The molecular formula is C15H15BrFNO. The van der Waals surface area contributed by atoms with Gasteiger partial charge in [0, 0.05) is 24.6 Å². The maximum atomic E-state index is 13.2. The molecule has 2 aromatic rings. The fraction of sp³-hybridized carbons (Fsp3) is 0.333. The third kappa shape index (κ3) is 2.74. The molecule has 1 aromatic carbocycles. The highest BCUT2D eigenvalue weighted by Gasteiger charge is 2.21. The summed E-state index contributed by atoms with van der Waals surface area (Å²) in [5.74, 6) is 0.877. The molecule has 0 fully saturated rings. The summed E-state index contributed by atoms with van der Waals surface area (Å²) in [5.41, 5.74) is 2.34. The summed E-state index contributed by atoms with van der Waals surface area (Å²) in [6.45, 7) is 0.730. The Hall–Kier alpha value is -1.13. The van der Waals surface area contributed by atoms with E-state index < -0.39 is 0 Å². The van der Waals surface area contributed by atoms with Gasteiger partial charge in [0.2, 0.25) is 0 Å². The van der Waals surface area contributed by atoms with E-state index in [9.17, 15) is 4.39 Å². The van der Waals surface area contributed by atoms with E-state index in [4.69, 9.17) is 4.42 Å². The quantitative estimate of drug-likeness (QED) is 0.908. The molecule has 0 radical (unpaired) electrons. The minimum Gasteiger partial charge on any atom is -0.469 e. The Morgan fingerprint density at radius 3 is 3.11 bits per heavy atom. The van der Waals surface area contributed by atoms with Crippen LogP contribution in [0.2, 0.25) is 0 Å². The number of nitrogens with one attached hydrogen (secondary N) is 1. The van der Waals surface area contributed by atoms with E-state index in [2.05, 4.69) is 21.2 Å². The van der Waals surface area contributed by atoms with Crippen LogP contribution in [0.5, 0.6) is 0 Å². The Balaban J connectivity index is 1.69. The van der Waals surface area contributed by atoms with Crippen molar-refractivity contribution in [2.45, 2.75) is 31.8 Å². The number of halogens is 2. The zero-order valence-electron chi connectivity index (χ0n) is 10.5. The standard InChI is InChI=1S/C15H15BrFNO/c16-12-8-10(4-5-13(12)17)9-18-14-2-1-3-15-11(14)6-7-19-15/h4-8,14,18H,1-3,9H2. The predicted octanol–water partition coefficient (Wildman–Crippen LogP) is 4.35. The third-order valence-electron chi connectivity index (χ3n) is 3.59. The molecule has 100 valence electrons. The Morgan fingerprint density at radius 1 is 1.37 bits per heavy atom. The number of furan rings is 1. The van der Waals surface area contributed by atoms with Crippen molar-refractivity contribution in [3.05, 3.63) is 57.7 Å². The largest absolute Gasteiger partial charge is 0.469 e. The van der Waals surface area contributed by atoms with Crippen LogP contribution in [-0.2, 0) is 13.0 Å². The SMILES string of the molecule is Fc1ccc(CNC2CCCc3occc32)cc1Br. The van der Waals surface area contributed by atoms with E-state index >= 15 is 0 Å². The molecule has 0 amide bonds. The average molecular weight is 324 g/mol. The molecule has 1 aliphatic carbocycles. The van der Waals surface area contributed by atoms with Crippen LogP contribution in [0.3, 0.4) is 0 Å². The molecule has 4 heteroatoms. The Labute approximate surface area is 120 Å². The first-order valence-electron chi connectivity index (χ1n) is 6.47. The van der Waals surface area contributed by atoms with Crippen LogP contribution in [0, 0.1) is 5.82 Å². The van der Waals surface area contributed by atoms with Gasteiger partial charge in [0.25, 0.3) is 0 Å². The molecule has 1 aliphatic rings. The molecule has 2 nitrogen and oxygen atoms in total. The molecule has 1 unspecified atom stereocenters. The molecule has 0 aliphatic heterocycles. The van der Waals surface area contributed by atoms with Crippen LogP contribution in [0.15, 0.2) is 39.4 Å². The zero-order valence-corrected chi connectivity index (χ0v) is 12.0. The second-order valence-corrected chi connectivity index (χ2v) is 5.73. The second kappa shape index (κ2) is 5.47. The van der Waals surface area contributed by atoms with Gasteiger partial charge in [-0.05, 0) is 52.5 Å². The number of aryl methyl sites for hydroxylation is 1. The van der Waals surface area contributed by atoms with Gasteiger partial charge in [0.1, 0.15) is 11.6 Å². The maximum absolute atomic E-state index is 13.2. The van der Waals surface area contributed by atoms with Crippen LogP contribution in [0.4, 0.5) is 4.39 Å². The third-order valence-corrected chi connectivity index (χ3v) is 4.20. The van der Waals surface area contributed by atoms with Crippen molar-refractivity contribution in [1.29, 1.82) is 0 Å². The molecule has 0 spiro atoms. The number of fused-ring (bicyclic) bond motifs is 1. The molecule has 1 heterocycles. The van der Waals surface area contributed by atoms with E-state index in [0.717, 1.165) is 37.1 Å². The maximum Gasteiger partial charge on any atom is 0.137 e. The molecule has 3 rings (SSSR count). The van der Waals surface area contributed by atoms with Crippen molar-refractivity contribution in [2.24, 2.45) is 0 Å². The first-order chi connectivity index (χ1) is 9.24. The van der Waals surface area contributed by atoms with Crippen LogP contribution >= 0.6 is 15.9 Å². The van der Waals surface area contributed by atoms with Crippen molar-refractivity contribution in [1.82, 2.24) is 5.32 Å². The van der Waals surface area contributed by atoms with Gasteiger partial charge in [-0.3, -0.25) is 0 Å². The topological polar surface area (TPSA) is 25.2 Å². The monoisotopic (exact) mass is 323 g/mol. The van der Waals surface area contributed by atoms with Crippen molar-refractivity contribution in [3.8, 4) is 0 Å². The van der Waals surface area contributed by atoms with Crippen LogP contribution in [0.25, 0.3) is 0 Å². The number of hydrogen-bond acceptors (Lipinski definition) is 2. The fourth-order valence-electron chi connectivity index (χ4n) is 2.59. The summed E-state index contributed by atoms with van der Waals surface area (Å²) in [7, 11) is 0. The molecule has 19 heavy (non-hydrogen) atoms. The van der Waals surface area contributed by atoms with Gasteiger partial charge >= 0.3 is 0 Å². The van der Waals surface area contributed by atoms with Crippen molar-refractivity contribution >= 4 is 15.9 Å². The lowest BCUT2D eigenvalue weighted by atomic mass is 9.93. The summed E-state index contributed by atoms with van der Waals surface area (Å²) >= 11 is 3.21. The number of benzene rings is 1. The number of rotatable bonds is 3. The van der Waals surface area contributed by atoms with Gasteiger partial charge in [-0.1, -0.05) is 6.07 Å².